The summed E-state index contributed by atoms with van der Waals surface area (Å²) in [7, 11) is 0. The van der Waals surface area contributed by atoms with E-state index < -0.39 is 0 Å². The number of phenolic OH excluding ortho intramolecular Hbond substituents is 2. The van der Waals surface area contributed by atoms with Crippen LogP contribution in [0.3, 0.4) is 0 Å². The minimum absolute atomic E-state index is 0.0440. The maximum Gasteiger partial charge on any atom is 0.128 e. The van der Waals surface area contributed by atoms with E-state index in [1.54, 1.807) is 12.1 Å². The Morgan fingerprint density at radius 3 is 2.22 bits per heavy atom. The summed E-state index contributed by atoms with van der Waals surface area (Å²) in [4.78, 5) is 0. The van der Waals surface area contributed by atoms with Crippen LogP contribution in [-0.4, -0.2) is 21.1 Å². The van der Waals surface area contributed by atoms with Crippen molar-refractivity contribution >= 4 is 5.71 Å². The molecule has 4 nitrogen and oxygen atoms in total. The quantitative estimate of drug-likeness (QED) is 0.431. The molecule has 0 atom stereocenters. The number of benzene rings is 2. The van der Waals surface area contributed by atoms with Crippen LogP contribution in [0.15, 0.2) is 47.6 Å². The molecule has 0 heterocycles. The molecule has 0 saturated carbocycles. The van der Waals surface area contributed by atoms with E-state index >= 15 is 0 Å². The average molecular weight is 243 g/mol. The van der Waals surface area contributed by atoms with Crippen molar-refractivity contribution in [3.05, 3.63) is 59.2 Å². The van der Waals surface area contributed by atoms with Crippen molar-refractivity contribution in [1.82, 2.24) is 0 Å². The van der Waals surface area contributed by atoms with Crippen molar-refractivity contribution in [3.8, 4) is 11.5 Å². The highest BCUT2D eigenvalue weighted by molar-refractivity contribution is 6.14. The Hall–Kier alpha value is -2.49. The highest BCUT2D eigenvalue weighted by atomic mass is 16.4. The van der Waals surface area contributed by atoms with Crippen LogP contribution >= 0.6 is 0 Å². The van der Waals surface area contributed by atoms with Gasteiger partial charge in [-0.1, -0.05) is 35.0 Å². The van der Waals surface area contributed by atoms with E-state index in [1.807, 2.05) is 19.1 Å². The number of rotatable bonds is 2. The molecule has 0 aliphatic heterocycles. The van der Waals surface area contributed by atoms with Crippen LogP contribution in [-0.2, 0) is 0 Å². The SMILES string of the molecule is Cc1ccc(C(=NO)c2ccc(O)cc2O)cc1. The highest BCUT2D eigenvalue weighted by Crippen LogP contribution is 2.25. The molecule has 4 heteroatoms. The van der Waals surface area contributed by atoms with E-state index in [0.29, 0.717) is 11.1 Å². The van der Waals surface area contributed by atoms with Gasteiger partial charge in [-0.25, -0.2) is 0 Å². The van der Waals surface area contributed by atoms with Gasteiger partial charge in [-0.15, -0.1) is 0 Å². The first-order valence-electron chi connectivity index (χ1n) is 5.43. The van der Waals surface area contributed by atoms with Crippen LogP contribution in [0.2, 0.25) is 0 Å². The van der Waals surface area contributed by atoms with Gasteiger partial charge in [0.2, 0.25) is 0 Å². The molecule has 18 heavy (non-hydrogen) atoms. The lowest BCUT2D eigenvalue weighted by atomic mass is 10.0. The molecule has 3 N–H and O–H groups in total. The van der Waals surface area contributed by atoms with Gasteiger partial charge in [-0.05, 0) is 19.1 Å². The van der Waals surface area contributed by atoms with Gasteiger partial charge in [-0.2, -0.15) is 0 Å². The maximum atomic E-state index is 9.76. The van der Waals surface area contributed by atoms with Crippen LogP contribution in [0.25, 0.3) is 0 Å². The smallest absolute Gasteiger partial charge is 0.128 e. The summed E-state index contributed by atoms with van der Waals surface area (Å²) in [5.74, 6) is -0.180. The van der Waals surface area contributed by atoms with E-state index in [-0.39, 0.29) is 17.2 Å². The number of nitrogens with zero attached hydrogens (tertiary/aromatic N) is 1. The second kappa shape index (κ2) is 4.79. The molecule has 0 bridgehead atoms. The van der Waals surface area contributed by atoms with E-state index in [1.165, 1.54) is 18.2 Å². The molecule has 0 saturated heterocycles. The summed E-state index contributed by atoms with van der Waals surface area (Å²) in [5.41, 5.74) is 2.39. The molecule has 0 amide bonds. The molecular formula is C14H13NO3. The molecule has 0 radical (unpaired) electrons. The fourth-order valence-corrected chi connectivity index (χ4v) is 1.70. The summed E-state index contributed by atoms with van der Waals surface area (Å²) in [5, 5.41) is 31.3. The van der Waals surface area contributed by atoms with Crippen molar-refractivity contribution in [2.24, 2.45) is 5.16 Å². The van der Waals surface area contributed by atoms with Crippen LogP contribution < -0.4 is 0 Å². The number of aromatic hydroxyl groups is 2. The molecule has 0 aromatic heterocycles. The van der Waals surface area contributed by atoms with Crippen molar-refractivity contribution in [3.63, 3.8) is 0 Å². The third kappa shape index (κ3) is 2.27. The average Bonchev–Trinajstić information content (AvgIpc) is 2.35. The zero-order valence-corrected chi connectivity index (χ0v) is 9.83. The van der Waals surface area contributed by atoms with E-state index in [4.69, 9.17) is 5.21 Å². The molecular weight excluding hydrogens is 230 g/mol. The number of hydrogen-bond acceptors (Lipinski definition) is 4. The van der Waals surface area contributed by atoms with Gasteiger partial charge in [-0.3, -0.25) is 0 Å². The first-order chi connectivity index (χ1) is 8.61. The minimum Gasteiger partial charge on any atom is -0.508 e. The fraction of sp³-hybridized carbons (Fsp3) is 0.0714. The summed E-state index contributed by atoms with van der Waals surface area (Å²) in [6.45, 7) is 1.96. The van der Waals surface area contributed by atoms with E-state index in [2.05, 4.69) is 5.16 Å². The molecule has 0 aliphatic rings. The molecule has 2 rings (SSSR count). The highest BCUT2D eigenvalue weighted by Gasteiger charge is 2.12. The lowest BCUT2D eigenvalue weighted by molar-refractivity contribution is 0.319. The summed E-state index contributed by atoms with van der Waals surface area (Å²) >= 11 is 0. The largest absolute Gasteiger partial charge is 0.508 e. The lowest BCUT2D eigenvalue weighted by Gasteiger charge is -2.07. The molecule has 2 aromatic carbocycles. The Balaban J connectivity index is 2.49. The minimum atomic E-state index is -0.136. The molecule has 0 aliphatic carbocycles. The van der Waals surface area contributed by atoms with Gasteiger partial charge in [0.1, 0.15) is 17.2 Å². The first kappa shape index (κ1) is 12.0. The van der Waals surface area contributed by atoms with Gasteiger partial charge in [0, 0.05) is 17.2 Å². The predicted octanol–water partition coefficient (Wildman–Crippen LogP) is 2.63. The monoisotopic (exact) mass is 243 g/mol. The van der Waals surface area contributed by atoms with Crippen molar-refractivity contribution in [2.45, 2.75) is 6.92 Å². The van der Waals surface area contributed by atoms with Crippen LogP contribution in [0, 0.1) is 6.92 Å². The number of oxime groups is 1. The summed E-state index contributed by atoms with van der Waals surface area (Å²) in [6, 6.07) is 11.5. The van der Waals surface area contributed by atoms with Gasteiger partial charge in [0.05, 0.1) is 0 Å². The van der Waals surface area contributed by atoms with Gasteiger partial charge >= 0.3 is 0 Å². The Labute approximate surface area is 104 Å². The topological polar surface area (TPSA) is 73.1 Å². The van der Waals surface area contributed by atoms with Gasteiger partial charge in [0.15, 0.2) is 0 Å². The fourth-order valence-electron chi connectivity index (χ4n) is 1.70. The molecule has 0 unspecified atom stereocenters. The Morgan fingerprint density at radius 1 is 1.00 bits per heavy atom. The molecule has 92 valence electrons. The Kier molecular flexibility index (Phi) is 3.19. The van der Waals surface area contributed by atoms with Gasteiger partial charge in [0.25, 0.3) is 0 Å². The normalized spacial score (nSPS) is 11.5. The first-order valence-corrected chi connectivity index (χ1v) is 5.43. The maximum absolute atomic E-state index is 9.76. The van der Waals surface area contributed by atoms with Crippen LogP contribution in [0.5, 0.6) is 11.5 Å². The van der Waals surface area contributed by atoms with Crippen molar-refractivity contribution in [1.29, 1.82) is 0 Å². The van der Waals surface area contributed by atoms with E-state index in [0.717, 1.165) is 5.56 Å². The van der Waals surface area contributed by atoms with Crippen molar-refractivity contribution < 1.29 is 15.4 Å². The van der Waals surface area contributed by atoms with Crippen molar-refractivity contribution in [2.75, 3.05) is 0 Å². The predicted molar refractivity (Wildman–Crippen MR) is 68.4 cm³/mol. The third-order valence-electron chi connectivity index (χ3n) is 2.66. The molecule has 0 spiro atoms. The Bertz CT molecular complexity index is 588. The third-order valence-corrected chi connectivity index (χ3v) is 2.66. The number of hydrogen-bond donors (Lipinski definition) is 3. The lowest BCUT2D eigenvalue weighted by Crippen LogP contribution is -2.03. The number of phenols is 2. The van der Waals surface area contributed by atoms with Crippen LogP contribution in [0.1, 0.15) is 16.7 Å². The van der Waals surface area contributed by atoms with E-state index in [9.17, 15) is 10.2 Å². The van der Waals surface area contributed by atoms with Crippen LogP contribution in [0.4, 0.5) is 0 Å². The zero-order valence-electron chi connectivity index (χ0n) is 9.83. The second-order valence-corrected chi connectivity index (χ2v) is 4.02. The molecule has 0 fully saturated rings. The second-order valence-electron chi connectivity index (χ2n) is 4.02. The standard InChI is InChI=1S/C14H13NO3/c1-9-2-4-10(5-3-9)14(15-18)12-7-6-11(16)8-13(12)17/h2-8,16-18H,1H3. The summed E-state index contributed by atoms with van der Waals surface area (Å²) in [6.07, 6.45) is 0. The zero-order chi connectivity index (χ0) is 13.1. The number of aryl methyl sites for hydroxylation is 1. The summed E-state index contributed by atoms with van der Waals surface area (Å²) < 4.78 is 0. The molecule has 2 aromatic rings. The Morgan fingerprint density at radius 2 is 1.67 bits per heavy atom. The van der Waals surface area contributed by atoms with Gasteiger partial charge < -0.3 is 15.4 Å².